The lowest BCUT2D eigenvalue weighted by Gasteiger charge is -2.26. The van der Waals surface area contributed by atoms with E-state index >= 15 is 0 Å². The van der Waals surface area contributed by atoms with E-state index in [1.165, 1.54) is 5.56 Å². The third kappa shape index (κ3) is 3.10. The van der Waals surface area contributed by atoms with Crippen LogP contribution in [-0.4, -0.2) is 51.6 Å². The standard InChI is InChI=1S/C13H24N4O/c1-13(2,14)9-17-6-11(8-18)12(7-17)10-4-15-16(3)5-10/h4-5,11-12,18H,6-9,14H2,1-3H3/t11-,12-/m0/s1. The lowest BCUT2D eigenvalue weighted by molar-refractivity contribution is 0.207. The molecule has 0 saturated carbocycles. The summed E-state index contributed by atoms with van der Waals surface area (Å²) in [6.45, 7) is 7.03. The summed E-state index contributed by atoms with van der Waals surface area (Å²) in [7, 11) is 1.92. The number of aromatic nitrogens is 2. The molecule has 1 aromatic rings. The van der Waals surface area contributed by atoms with Crippen molar-refractivity contribution in [1.29, 1.82) is 0 Å². The molecular formula is C13H24N4O. The highest BCUT2D eigenvalue weighted by molar-refractivity contribution is 5.16. The van der Waals surface area contributed by atoms with Crippen LogP contribution in [0.15, 0.2) is 12.4 Å². The maximum Gasteiger partial charge on any atom is 0.0525 e. The van der Waals surface area contributed by atoms with Crippen LogP contribution in [0, 0.1) is 5.92 Å². The van der Waals surface area contributed by atoms with Crippen molar-refractivity contribution in [3.8, 4) is 0 Å². The van der Waals surface area contributed by atoms with Crippen LogP contribution >= 0.6 is 0 Å². The van der Waals surface area contributed by atoms with Crippen LogP contribution in [0.1, 0.15) is 25.3 Å². The van der Waals surface area contributed by atoms with E-state index in [1.807, 2.05) is 38.0 Å². The largest absolute Gasteiger partial charge is 0.396 e. The molecule has 1 aliphatic rings. The molecule has 102 valence electrons. The van der Waals surface area contributed by atoms with Gasteiger partial charge in [-0.15, -0.1) is 0 Å². The third-order valence-corrected chi connectivity index (χ3v) is 3.54. The topological polar surface area (TPSA) is 67.3 Å². The van der Waals surface area contributed by atoms with E-state index in [1.54, 1.807) is 0 Å². The van der Waals surface area contributed by atoms with Gasteiger partial charge in [0.2, 0.25) is 0 Å². The number of nitrogens with two attached hydrogens (primary N) is 1. The van der Waals surface area contributed by atoms with Gasteiger partial charge in [0, 0.05) is 56.9 Å². The van der Waals surface area contributed by atoms with E-state index in [2.05, 4.69) is 10.00 Å². The normalized spacial score (nSPS) is 25.8. The van der Waals surface area contributed by atoms with Gasteiger partial charge < -0.3 is 15.7 Å². The Hall–Kier alpha value is -0.910. The highest BCUT2D eigenvalue weighted by Crippen LogP contribution is 2.32. The Morgan fingerprint density at radius 3 is 2.72 bits per heavy atom. The molecular weight excluding hydrogens is 228 g/mol. The van der Waals surface area contributed by atoms with Crippen LogP contribution in [0.5, 0.6) is 0 Å². The van der Waals surface area contributed by atoms with Gasteiger partial charge in [0.05, 0.1) is 6.20 Å². The van der Waals surface area contributed by atoms with Crippen LogP contribution in [0.2, 0.25) is 0 Å². The number of hydrogen-bond donors (Lipinski definition) is 2. The van der Waals surface area contributed by atoms with Gasteiger partial charge in [0.15, 0.2) is 0 Å². The maximum atomic E-state index is 9.54. The van der Waals surface area contributed by atoms with Crippen molar-refractivity contribution in [2.45, 2.75) is 25.3 Å². The Bertz CT molecular complexity index is 396. The molecule has 1 aromatic heterocycles. The summed E-state index contributed by atoms with van der Waals surface area (Å²) in [5.41, 5.74) is 7.10. The molecule has 2 rings (SSSR count). The van der Waals surface area contributed by atoms with Crippen molar-refractivity contribution < 1.29 is 5.11 Å². The van der Waals surface area contributed by atoms with Gasteiger partial charge in [0.1, 0.15) is 0 Å². The smallest absolute Gasteiger partial charge is 0.0525 e. The zero-order valence-electron chi connectivity index (χ0n) is 11.5. The SMILES string of the molecule is Cn1cc([C@@H]2CN(CC(C)(C)N)C[C@H]2CO)cn1. The van der Waals surface area contributed by atoms with Gasteiger partial charge in [-0.3, -0.25) is 4.68 Å². The van der Waals surface area contributed by atoms with Crippen LogP contribution < -0.4 is 5.73 Å². The lowest BCUT2D eigenvalue weighted by atomic mass is 9.92. The molecule has 1 aliphatic heterocycles. The molecule has 3 N–H and O–H groups in total. The van der Waals surface area contributed by atoms with E-state index in [0.717, 1.165) is 19.6 Å². The molecule has 1 fully saturated rings. The van der Waals surface area contributed by atoms with Crippen molar-refractivity contribution in [2.75, 3.05) is 26.2 Å². The second-order valence-corrected chi connectivity index (χ2v) is 6.18. The molecule has 2 heterocycles. The molecule has 0 amide bonds. The molecule has 5 nitrogen and oxygen atoms in total. The fourth-order valence-electron chi connectivity index (χ4n) is 2.86. The Morgan fingerprint density at radius 1 is 1.50 bits per heavy atom. The number of aliphatic hydroxyl groups excluding tert-OH is 1. The predicted octanol–water partition coefficient (Wildman–Crippen LogP) is 0.165. The molecule has 5 heteroatoms. The quantitative estimate of drug-likeness (QED) is 0.801. The molecule has 18 heavy (non-hydrogen) atoms. The number of aryl methyl sites for hydroxylation is 1. The van der Waals surface area contributed by atoms with Crippen LogP contribution in [0.4, 0.5) is 0 Å². The van der Waals surface area contributed by atoms with Gasteiger partial charge >= 0.3 is 0 Å². The number of likely N-dealkylation sites (tertiary alicyclic amines) is 1. The van der Waals surface area contributed by atoms with Gasteiger partial charge in [-0.1, -0.05) is 0 Å². The summed E-state index contributed by atoms with van der Waals surface area (Å²) in [6.07, 6.45) is 3.95. The zero-order valence-corrected chi connectivity index (χ0v) is 11.5. The predicted molar refractivity (Wildman–Crippen MR) is 71.2 cm³/mol. The van der Waals surface area contributed by atoms with Crippen LogP contribution in [-0.2, 0) is 7.05 Å². The molecule has 0 aliphatic carbocycles. The second kappa shape index (κ2) is 4.99. The summed E-state index contributed by atoms with van der Waals surface area (Å²) >= 11 is 0. The van der Waals surface area contributed by atoms with E-state index in [9.17, 15) is 5.11 Å². The van der Waals surface area contributed by atoms with Crippen LogP contribution in [0.3, 0.4) is 0 Å². The van der Waals surface area contributed by atoms with E-state index in [-0.39, 0.29) is 18.1 Å². The number of rotatable bonds is 4. The minimum atomic E-state index is -0.191. The second-order valence-electron chi connectivity index (χ2n) is 6.18. The molecule has 0 spiro atoms. The molecule has 1 saturated heterocycles. The summed E-state index contributed by atoms with van der Waals surface area (Å²) in [5, 5.41) is 13.8. The van der Waals surface area contributed by atoms with Crippen LogP contribution in [0.25, 0.3) is 0 Å². The number of aliphatic hydroxyl groups is 1. The van der Waals surface area contributed by atoms with Gasteiger partial charge in [-0.05, 0) is 19.4 Å². The van der Waals surface area contributed by atoms with Crippen molar-refractivity contribution >= 4 is 0 Å². The monoisotopic (exact) mass is 252 g/mol. The average Bonchev–Trinajstić information content (AvgIpc) is 2.81. The van der Waals surface area contributed by atoms with Gasteiger partial charge in [-0.25, -0.2) is 0 Å². The number of hydrogen-bond acceptors (Lipinski definition) is 4. The first-order chi connectivity index (χ1) is 8.39. The molecule has 0 radical (unpaired) electrons. The fraction of sp³-hybridized carbons (Fsp3) is 0.769. The summed E-state index contributed by atoms with van der Waals surface area (Å²) < 4.78 is 1.82. The Labute approximate surface area is 109 Å². The fourth-order valence-corrected chi connectivity index (χ4v) is 2.86. The molecule has 0 unspecified atom stereocenters. The highest BCUT2D eigenvalue weighted by Gasteiger charge is 2.35. The van der Waals surface area contributed by atoms with E-state index in [0.29, 0.717) is 5.92 Å². The first-order valence-electron chi connectivity index (χ1n) is 6.49. The zero-order chi connectivity index (χ0) is 13.3. The molecule has 0 aromatic carbocycles. The number of nitrogens with zero attached hydrogens (tertiary/aromatic N) is 3. The summed E-state index contributed by atoms with van der Waals surface area (Å²) in [4.78, 5) is 2.35. The first-order valence-corrected chi connectivity index (χ1v) is 6.49. The third-order valence-electron chi connectivity index (χ3n) is 3.54. The van der Waals surface area contributed by atoms with Crippen molar-refractivity contribution in [3.05, 3.63) is 18.0 Å². The van der Waals surface area contributed by atoms with Gasteiger partial charge in [0.25, 0.3) is 0 Å². The Kier molecular flexibility index (Phi) is 3.75. The highest BCUT2D eigenvalue weighted by atomic mass is 16.3. The van der Waals surface area contributed by atoms with E-state index in [4.69, 9.17) is 5.73 Å². The van der Waals surface area contributed by atoms with Crippen molar-refractivity contribution in [2.24, 2.45) is 18.7 Å². The average molecular weight is 252 g/mol. The Balaban J connectivity index is 2.07. The van der Waals surface area contributed by atoms with Gasteiger partial charge in [-0.2, -0.15) is 5.10 Å². The van der Waals surface area contributed by atoms with E-state index < -0.39 is 0 Å². The first kappa shape index (κ1) is 13.5. The molecule has 2 atom stereocenters. The summed E-state index contributed by atoms with van der Waals surface area (Å²) in [5.74, 6) is 0.655. The Morgan fingerprint density at radius 2 is 2.22 bits per heavy atom. The minimum absolute atomic E-state index is 0.191. The van der Waals surface area contributed by atoms with Crippen molar-refractivity contribution in [3.63, 3.8) is 0 Å². The van der Waals surface area contributed by atoms with Crippen molar-refractivity contribution in [1.82, 2.24) is 14.7 Å². The summed E-state index contributed by atoms with van der Waals surface area (Å²) in [6, 6.07) is 0. The minimum Gasteiger partial charge on any atom is -0.396 e. The maximum absolute atomic E-state index is 9.54. The lowest BCUT2D eigenvalue weighted by Crippen LogP contribution is -2.44. The molecule has 0 bridgehead atoms.